The summed E-state index contributed by atoms with van der Waals surface area (Å²) in [5.74, 6) is 0.582. The second kappa shape index (κ2) is 8.05. The fraction of sp³-hybridized carbons (Fsp3) is 0.120. The van der Waals surface area contributed by atoms with E-state index in [4.69, 9.17) is 4.99 Å². The maximum absolute atomic E-state index is 12.5. The molecule has 0 saturated heterocycles. The number of aryl methyl sites for hydroxylation is 1. The molecule has 1 N–H and O–H groups in total. The van der Waals surface area contributed by atoms with Gasteiger partial charge in [-0.15, -0.1) is 0 Å². The van der Waals surface area contributed by atoms with E-state index >= 15 is 0 Å². The molecule has 0 spiro atoms. The van der Waals surface area contributed by atoms with E-state index < -0.39 is 0 Å². The Hall–Kier alpha value is -3.46. The second-order valence-corrected chi connectivity index (χ2v) is 7.01. The van der Waals surface area contributed by atoms with Gasteiger partial charge in [-0.1, -0.05) is 78.4 Å². The van der Waals surface area contributed by atoms with Gasteiger partial charge in [0, 0.05) is 18.4 Å². The quantitative estimate of drug-likeness (QED) is 0.679. The number of hydrogen-bond donors (Lipinski definition) is 1. The number of benzene rings is 3. The van der Waals surface area contributed by atoms with E-state index in [1.165, 1.54) is 16.7 Å². The molecule has 0 bridgehead atoms. The number of amidine groups is 1. The van der Waals surface area contributed by atoms with Gasteiger partial charge in [-0.05, 0) is 35.8 Å². The molecule has 0 fully saturated rings. The molecule has 3 nitrogen and oxygen atoms in total. The zero-order valence-electron chi connectivity index (χ0n) is 15.9. The van der Waals surface area contributed by atoms with Crippen molar-refractivity contribution in [3.8, 4) is 0 Å². The van der Waals surface area contributed by atoms with Crippen LogP contribution in [0.15, 0.2) is 95.6 Å². The van der Waals surface area contributed by atoms with Gasteiger partial charge in [-0.2, -0.15) is 0 Å². The van der Waals surface area contributed by atoms with Crippen molar-refractivity contribution in [2.24, 2.45) is 4.99 Å². The maximum atomic E-state index is 12.5. The fourth-order valence-corrected chi connectivity index (χ4v) is 3.36. The predicted molar refractivity (Wildman–Crippen MR) is 114 cm³/mol. The summed E-state index contributed by atoms with van der Waals surface area (Å²) in [7, 11) is 0. The molecule has 0 aromatic heterocycles. The van der Waals surface area contributed by atoms with E-state index in [1.807, 2.05) is 48.5 Å². The first-order valence-electron chi connectivity index (χ1n) is 9.46. The van der Waals surface area contributed by atoms with Gasteiger partial charge in [0.15, 0.2) is 0 Å². The maximum Gasteiger partial charge on any atom is 0.256 e. The summed E-state index contributed by atoms with van der Waals surface area (Å²) in [5.41, 5.74) is 6.42. The number of nitrogens with one attached hydrogen (secondary N) is 1. The van der Waals surface area contributed by atoms with Gasteiger partial charge in [-0.3, -0.25) is 4.79 Å². The number of carbonyl (C=O) groups is 1. The van der Waals surface area contributed by atoms with Gasteiger partial charge in [0.05, 0.1) is 5.70 Å². The average molecular weight is 366 g/mol. The Kier molecular flexibility index (Phi) is 5.16. The van der Waals surface area contributed by atoms with Crippen LogP contribution in [0.25, 0.3) is 5.57 Å². The molecule has 0 aliphatic carbocycles. The van der Waals surface area contributed by atoms with E-state index in [9.17, 15) is 4.79 Å². The summed E-state index contributed by atoms with van der Waals surface area (Å²) in [6.07, 6.45) is 1.37. The van der Waals surface area contributed by atoms with E-state index in [0.29, 0.717) is 17.8 Å². The average Bonchev–Trinajstić information content (AvgIpc) is 3.12. The summed E-state index contributed by atoms with van der Waals surface area (Å²) < 4.78 is 0. The summed E-state index contributed by atoms with van der Waals surface area (Å²) >= 11 is 0. The second-order valence-electron chi connectivity index (χ2n) is 7.01. The Bertz CT molecular complexity index is 1030. The topological polar surface area (TPSA) is 41.5 Å². The van der Waals surface area contributed by atoms with Crippen LogP contribution in [0.5, 0.6) is 0 Å². The van der Waals surface area contributed by atoms with Gasteiger partial charge in [0.1, 0.15) is 5.84 Å². The Morgan fingerprint density at radius 2 is 1.54 bits per heavy atom. The SMILES string of the molecule is Cc1ccc(C2=C(Cc3ccccc3)N=C(NC(=O)c3ccccc3)C2)cc1. The van der Waals surface area contributed by atoms with Gasteiger partial charge in [-0.25, -0.2) is 4.99 Å². The molecule has 3 aromatic rings. The first-order valence-corrected chi connectivity index (χ1v) is 9.46. The number of amides is 1. The molecule has 4 rings (SSSR count). The summed E-state index contributed by atoms with van der Waals surface area (Å²) in [6.45, 7) is 2.08. The molecule has 0 atom stereocenters. The minimum atomic E-state index is -0.122. The van der Waals surface area contributed by atoms with Crippen molar-refractivity contribution in [3.63, 3.8) is 0 Å². The molecule has 0 radical (unpaired) electrons. The van der Waals surface area contributed by atoms with E-state index in [1.54, 1.807) is 0 Å². The van der Waals surface area contributed by atoms with Crippen LogP contribution < -0.4 is 5.32 Å². The summed E-state index contributed by atoms with van der Waals surface area (Å²) in [6, 6.07) is 28.0. The van der Waals surface area contributed by atoms with Gasteiger partial charge >= 0.3 is 0 Å². The van der Waals surface area contributed by atoms with Crippen LogP contribution in [0, 0.1) is 6.92 Å². The molecule has 1 aliphatic heterocycles. The largest absolute Gasteiger partial charge is 0.310 e. The summed E-state index contributed by atoms with van der Waals surface area (Å²) in [5, 5.41) is 2.99. The minimum absolute atomic E-state index is 0.122. The third-order valence-corrected chi connectivity index (χ3v) is 4.87. The molecule has 3 aromatic carbocycles. The van der Waals surface area contributed by atoms with Crippen LogP contribution in [0.2, 0.25) is 0 Å². The lowest BCUT2D eigenvalue weighted by Crippen LogP contribution is -2.29. The summed E-state index contributed by atoms with van der Waals surface area (Å²) in [4.78, 5) is 17.3. The Balaban J connectivity index is 1.60. The van der Waals surface area contributed by atoms with Gasteiger partial charge in [0.25, 0.3) is 5.91 Å². The Morgan fingerprint density at radius 1 is 0.893 bits per heavy atom. The van der Waals surface area contributed by atoms with E-state index in [0.717, 1.165) is 17.7 Å². The Morgan fingerprint density at radius 3 is 2.21 bits per heavy atom. The zero-order chi connectivity index (χ0) is 19.3. The normalized spacial score (nSPS) is 13.4. The van der Waals surface area contributed by atoms with Crippen molar-refractivity contribution in [1.29, 1.82) is 0 Å². The van der Waals surface area contributed by atoms with E-state index in [2.05, 4.69) is 48.6 Å². The van der Waals surface area contributed by atoms with Crippen molar-refractivity contribution in [1.82, 2.24) is 5.32 Å². The lowest BCUT2D eigenvalue weighted by atomic mass is 9.98. The minimum Gasteiger partial charge on any atom is -0.310 e. The van der Waals surface area contributed by atoms with Crippen LogP contribution >= 0.6 is 0 Å². The number of aliphatic imine (C=N–C) groups is 1. The van der Waals surface area contributed by atoms with Crippen molar-refractivity contribution in [2.75, 3.05) is 0 Å². The molecule has 138 valence electrons. The van der Waals surface area contributed by atoms with Crippen LogP contribution in [-0.2, 0) is 6.42 Å². The first kappa shape index (κ1) is 17.9. The third kappa shape index (κ3) is 4.09. The Labute approximate surface area is 165 Å². The lowest BCUT2D eigenvalue weighted by molar-refractivity contribution is 0.0976. The number of allylic oxidation sites excluding steroid dienone is 1. The molecule has 1 aliphatic rings. The van der Waals surface area contributed by atoms with Crippen molar-refractivity contribution in [2.45, 2.75) is 19.8 Å². The smallest absolute Gasteiger partial charge is 0.256 e. The van der Waals surface area contributed by atoms with Crippen LogP contribution in [0.1, 0.15) is 33.5 Å². The zero-order valence-corrected chi connectivity index (χ0v) is 15.9. The van der Waals surface area contributed by atoms with Crippen molar-refractivity contribution < 1.29 is 4.79 Å². The molecular weight excluding hydrogens is 344 g/mol. The monoisotopic (exact) mass is 366 g/mol. The van der Waals surface area contributed by atoms with E-state index in [-0.39, 0.29) is 5.91 Å². The van der Waals surface area contributed by atoms with Crippen LogP contribution in [0.3, 0.4) is 0 Å². The van der Waals surface area contributed by atoms with Crippen molar-refractivity contribution >= 4 is 17.3 Å². The first-order chi connectivity index (χ1) is 13.7. The number of carbonyl (C=O) groups excluding carboxylic acids is 1. The molecular formula is C25H22N2O. The standard InChI is InChI=1S/C25H22N2O/c1-18-12-14-20(15-13-18)22-17-24(27-25(28)21-10-6-3-7-11-21)26-23(22)16-19-8-4-2-5-9-19/h2-15H,16-17H2,1H3,(H,26,27,28). The molecule has 0 unspecified atom stereocenters. The number of rotatable bonds is 4. The highest BCUT2D eigenvalue weighted by atomic mass is 16.1. The third-order valence-electron chi connectivity index (χ3n) is 4.87. The highest BCUT2D eigenvalue weighted by Gasteiger charge is 2.21. The molecule has 1 heterocycles. The number of hydrogen-bond acceptors (Lipinski definition) is 2. The van der Waals surface area contributed by atoms with Crippen molar-refractivity contribution in [3.05, 3.63) is 113 Å². The van der Waals surface area contributed by atoms with Crippen LogP contribution in [-0.4, -0.2) is 11.7 Å². The lowest BCUT2D eigenvalue weighted by Gasteiger charge is -2.08. The fourth-order valence-electron chi connectivity index (χ4n) is 3.36. The molecule has 1 amide bonds. The highest BCUT2D eigenvalue weighted by molar-refractivity contribution is 6.10. The molecule has 3 heteroatoms. The molecule has 28 heavy (non-hydrogen) atoms. The van der Waals surface area contributed by atoms with Gasteiger partial charge in [0.2, 0.25) is 0 Å². The molecule has 0 saturated carbocycles. The predicted octanol–water partition coefficient (Wildman–Crippen LogP) is 5.18. The highest BCUT2D eigenvalue weighted by Crippen LogP contribution is 2.31. The number of nitrogens with zero attached hydrogens (tertiary/aromatic N) is 1. The van der Waals surface area contributed by atoms with Crippen LogP contribution in [0.4, 0.5) is 0 Å². The van der Waals surface area contributed by atoms with Gasteiger partial charge < -0.3 is 5.32 Å².